The third-order valence-corrected chi connectivity index (χ3v) is 7.88. The van der Waals surface area contributed by atoms with Crippen molar-refractivity contribution in [2.45, 2.75) is 38.5 Å². The molecule has 4 aromatic rings. The molecule has 0 bridgehead atoms. The summed E-state index contributed by atoms with van der Waals surface area (Å²) in [7, 11) is 0. The van der Waals surface area contributed by atoms with Crippen molar-refractivity contribution in [3.05, 3.63) is 76.4 Å². The molecule has 2 aromatic carbocycles. The van der Waals surface area contributed by atoms with Crippen LogP contribution in [0.2, 0.25) is 0 Å². The van der Waals surface area contributed by atoms with Crippen molar-refractivity contribution in [3.8, 4) is 10.8 Å². The minimum Gasteiger partial charge on any atom is -0.484 e. The van der Waals surface area contributed by atoms with E-state index in [-0.39, 0.29) is 16.2 Å². The van der Waals surface area contributed by atoms with E-state index in [9.17, 15) is 18.0 Å². The van der Waals surface area contributed by atoms with E-state index in [1.54, 1.807) is 12.4 Å². The molecule has 10 heteroatoms. The molecule has 194 valence electrons. The van der Waals surface area contributed by atoms with Crippen LogP contribution in [0.5, 0.6) is 5.75 Å². The van der Waals surface area contributed by atoms with Gasteiger partial charge >= 0.3 is 6.18 Å². The number of hydrogen-bond donors (Lipinski definition) is 2. The third-order valence-electron chi connectivity index (χ3n) is 6.75. The van der Waals surface area contributed by atoms with Crippen molar-refractivity contribution in [2.24, 2.45) is 11.7 Å². The highest BCUT2D eigenvalue weighted by atomic mass is 32.1. The van der Waals surface area contributed by atoms with Crippen LogP contribution in [0.1, 0.15) is 52.2 Å². The van der Waals surface area contributed by atoms with Gasteiger partial charge in [0.25, 0.3) is 5.91 Å². The van der Waals surface area contributed by atoms with Gasteiger partial charge in [-0.2, -0.15) is 13.2 Å². The molecule has 6 nitrogen and oxygen atoms in total. The smallest absolute Gasteiger partial charge is 0.416 e. The first-order chi connectivity index (χ1) is 17.7. The quantitative estimate of drug-likeness (QED) is 0.314. The van der Waals surface area contributed by atoms with Gasteiger partial charge in [0.05, 0.1) is 16.6 Å². The lowest BCUT2D eigenvalue weighted by molar-refractivity contribution is -0.138. The van der Waals surface area contributed by atoms with Gasteiger partial charge in [-0.15, -0.1) is 11.3 Å². The van der Waals surface area contributed by atoms with E-state index in [1.807, 2.05) is 10.6 Å². The highest BCUT2D eigenvalue weighted by Crippen LogP contribution is 2.39. The lowest BCUT2D eigenvalue weighted by atomic mass is 9.91. The van der Waals surface area contributed by atoms with Gasteiger partial charge in [-0.1, -0.05) is 24.3 Å². The van der Waals surface area contributed by atoms with Crippen LogP contribution in [-0.4, -0.2) is 28.5 Å². The molecule has 1 unspecified atom stereocenters. The number of rotatable bonds is 7. The Balaban J connectivity index is 1.46. The molecular weight excluding hydrogens is 501 g/mol. The van der Waals surface area contributed by atoms with Crippen LogP contribution in [0.15, 0.2) is 54.9 Å². The van der Waals surface area contributed by atoms with E-state index in [2.05, 4.69) is 22.4 Å². The number of aromatic nitrogens is 2. The van der Waals surface area contributed by atoms with Crippen molar-refractivity contribution in [3.63, 3.8) is 0 Å². The summed E-state index contributed by atoms with van der Waals surface area (Å²) in [6.07, 6.45) is -0.565. The number of fused-ring (bicyclic) bond motifs is 1. The number of ether oxygens (including phenoxy) is 1. The molecule has 0 spiro atoms. The number of alkyl halides is 3. The number of carbonyl (C=O) groups excluding carboxylic acids is 1. The molecule has 3 heterocycles. The number of nitrogens with zero attached hydrogens (tertiary/aromatic N) is 2. The van der Waals surface area contributed by atoms with Gasteiger partial charge in [0, 0.05) is 11.6 Å². The fourth-order valence-corrected chi connectivity index (χ4v) is 5.81. The number of nitrogens with one attached hydrogen (secondary N) is 1. The Kier molecular flexibility index (Phi) is 6.96. The van der Waals surface area contributed by atoms with Gasteiger partial charge < -0.3 is 15.8 Å². The average Bonchev–Trinajstić information content (AvgIpc) is 3.48. The maximum Gasteiger partial charge on any atom is 0.416 e. The zero-order chi connectivity index (χ0) is 26.2. The zero-order valence-electron chi connectivity index (χ0n) is 20.2. The summed E-state index contributed by atoms with van der Waals surface area (Å²) in [6, 6.07) is 13.1. The number of primary amides is 1. The van der Waals surface area contributed by atoms with Gasteiger partial charge in [0.15, 0.2) is 0 Å². The van der Waals surface area contributed by atoms with E-state index in [4.69, 9.17) is 10.5 Å². The van der Waals surface area contributed by atoms with E-state index in [0.29, 0.717) is 10.9 Å². The first kappa shape index (κ1) is 25.3. The first-order valence-electron chi connectivity index (χ1n) is 12.1. The van der Waals surface area contributed by atoms with Gasteiger partial charge in [-0.25, -0.2) is 4.98 Å². The predicted molar refractivity (Wildman–Crippen MR) is 137 cm³/mol. The van der Waals surface area contributed by atoms with Gasteiger partial charge in [-0.05, 0) is 69.0 Å². The lowest BCUT2D eigenvalue weighted by Gasteiger charge is -2.22. The van der Waals surface area contributed by atoms with Crippen molar-refractivity contribution in [1.29, 1.82) is 0 Å². The molecule has 0 aliphatic carbocycles. The van der Waals surface area contributed by atoms with E-state index >= 15 is 0 Å². The maximum absolute atomic E-state index is 13.5. The molecule has 0 radical (unpaired) electrons. The largest absolute Gasteiger partial charge is 0.484 e. The number of halogens is 3. The molecule has 1 saturated heterocycles. The zero-order valence-corrected chi connectivity index (χ0v) is 21.0. The summed E-state index contributed by atoms with van der Waals surface area (Å²) < 4.78 is 48.4. The first-order valence-corrected chi connectivity index (χ1v) is 13.0. The highest BCUT2D eigenvalue weighted by molar-refractivity contribution is 7.16. The molecule has 1 amide bonds. The summed E-state index contributed by atoms with van der Waals surface area (Å²) in [6.45, 7) is 3.58. The monoisotopic (exact) mass is 528 g/mol. The number of piperidine rings is 1. The topological polar surface area (TPSA) is 82.2 Å². The van der Waals surface area contributed by atoms with Crippen molar-refractivity contribution in [2.75, 3.05) is 13.1 Å². The van der Waals surface area contributed by atoms with Crippen LogP contribution in [0.25, 0.3) is 16.0 Å². The summed E-state index contributed by atoms with van der Waals surface area (Å²) in [5, 5.41) is 4.03. The SMILES string of the molecule is CC(Oc1cc(-n2cnc3ccc(CC4CCNCC4)cc32)sc1C(N)=O)c1ccccc1C(F)(F)F. The Bertz CT molecular complexity index is 1420. The van der Waals surface area contributed by atoms with Crippen LogP contribution >= 0.6 is 11.3 Å². The molecule has 1 fully saturated rings. The van der Waals surface area contributed by atoms with E-state index in [0.717, 1.165) is 60.8 Å². The van der Waals surface area contributed by atoms with Crippen LogP contribution in [-0.2, 0) is 12.6 Å². The van der Waals surface area contributed by atoms with E-state index < -0.39 is 23.8 Å². The Morgan fingerprint density at radius 3 is 2.70 bits per heavy atom. The lowest BCUT2D eigenvalue weighted by Crippen LogP contribution is -2.28. The van der Waals surface area contributed by atoms with Crippen molar-refractivity contribution in [1.82, 2.24) is 14.9 Å². The Hall–Kier alpha value is -3.37. The summed E-state index contributed by atoms with van der Waals surface area (Å²) >= 11 is 1.12. The molecule has 1 atom stereocenters. The number of hydrogen-bond acceptors (Lipinski definition) is 5. The van der Waals surface area contributed by atoms with Crippen LogP contribution in [0, 0.1) is 5.92 Å². The summed E-state index contributed by atoms with van der Waals surface area (Å²) in [5.41, 5.74) is 7.71. The molecule has 0 saturated carbocycles. The van der Waals surface area contributed by atoms with Gasteiger partial charge in [-0.3, -0.25) is 9.36 Å². The Morgan fingerprint density at radius 2 is 1.97 bits per heavy atom. The number of thiophene rings is 1. The highest BCUT2D eigenvalue weighted by Gasteiger charge is 2.35. The third kappa shape index (κ3) is 5.35. The van der Waals surface area contributed by atoms with Gasteiger partial charge in [0.2, 0.25) is 0 Å². The Morgan fingerprint density at radius 1 is 1.22 bits per heavy atom. The minimum absolute atomic E-state index is 0.0196. The van der Waals surface area contributed by atoms with Crippen LogP contribution < -0.4 is 15.8 Å². The van der Waals surface area contributed by atoms with Crippen LogP contribution in [0.3, 0.4) is 0 Å². The molecular formula is C27H27F3N4O2S. The average molecular weight is 529 g/mol. The van der Waals surface area contributed by atoms with E-state index in [1.165, 1.54) is 30.7 Å². The molecule has 1 aliphatic rings. The normalized spacial score (nSPS) is 15.7. The molecule has 3 N–H and O–H groups in total. The second-order valence-electron chi connectivity index (χ2n) is 9.32. The Labute approximate surface area is 216 Å². The van der Waals surface area contributed by atoms with Gasteiger partial charge in [0.1, 0.15) is 28.1 Å². The standard InChI is InChI=1S/C27H27F3N4O2S/c1-16(19-4-2-3-5-20(19)27(28,29)30)36-23-14-24(37-25(23)26(31)35)34-15-33-21-7-6-18(13-22(21)34)12-17-8-10-32-11-9-17/h2-7,13-17,32H,8-12H2,1H3,(H2,31,35). The molecule has 2 aromatic heterocycles. The number of amides is 1. The van der Waals surface area contributed by atoms with Crippen molar-refractivity contribution >= 4 is 28.3 Å². The second kappa shape index (κ2) is 10.2. The second-order valence-corrected chi connectivity index (χ2v) is 10.4. The fraction of sp³-hybridized carbons (Fsp3) is 0.333. The van der Waals surface area contributed by atoms with Crippen molar-refractivity contribution < 1.29 is 22.7 Å². The molecule has 1 aliphatic heterocycles. The maximum atomic E-state index is 13.5. The number of nitrogens with two attached hydrogens (primary N) is 1. The molecule has 37 heavy (non-hydrogen) atoms. The number of carbonyl (C=O) groups is 1. The molecule has 5 rings (SSSR count). The fourth-order valence-electron chi connectivity index (χ4n) is 4.88. The number of benzene rings is 2. The van der Waals surface area contributed by atoms with Crippen LogP contribution in [0.4, 0.5) is 13.2 Å². The number of imidazole rings is 1. The minimum atomic E-state index is -4.53. The summed E-state index contributed by atoms with van der Waals surface area (Å²) in [4.78, 5) is 16.9. The summed E-state index contributed by atoms with van der Waals surface area (Å²) in [5.74, 6) is 0.0580. The predicted octanol–water partition coefficient (Wildman–Crippen LogP) is 5.89.